The van der Waals surface area contributed by atoms with E-state index < -0.39 is 6.10 Å². The minimum absolute atomic E-state index is 0.285. The van der Waals surface area contributed by atoms with Crippen LogP contribution in [0.4, 0.5) is 5.69 Å². The Morgan fingerprint density at radius 3 is 2.56 bits per heavy atom. The number of benzene rings is 2. The first-order chi connectivity index (χ1) is 11.8. The highest BCUT2D eigenvalue weighted by molar-refractivity contribution is 6.35. The van der Waals surface area contributed by atoms with Crippen LogP contribution in [0.3, 0.4) is 0 Å². The normalized spacial score (nSPS) is 11.9. The maximum atomic E-state index is 12.3. The van der Waals surface area contributed by atoms with Gasteiger partial charge in [-0.15, -0.1) is 0 Å². The number of ether oxygens (including phenoxy) is 2. The van der Waals surface area contributed by atoms with Crippen molar-refractivity contribution in [3.63, 3.8) is 0 Å². The van der Waals surface area contributed by atoms with Crippen LogP contribution in [-0.4, -0.2) is 18.6 Å². The van der Waals surface area contributed by atoms with Gasteiger partial charge in [-0.05, 0) is 43.2 Å². The lowest BCUT2D eigenvalue weighted by Crippen LogP contribution is -2.30. The van der Waals surface area contributed by atoms with Crippen molar-refractivity contribution in [1.29, 1.82) is 0 Å². The fraction of sp³-hybridized carbons (Fsp3) is 0.316. The lowest BCUT2D eigenvalue weighted by molar-refractivity contribution is -0.122. The van der Waals surface area contributed by atoms with Crippen LogP contribution in [0.1, 0.15) is 20.8 Å². The number of hydrogen-bond acceptors (Lipinski definition) is 3. The molecule has 0 aliphatic heterocycles. The van der Waals surface area contributed by atoms with E-state index >= 15 is 0 Å². The summed E-state index contributed by atoms with van der Waals surface area (Å²) in [6.07, 6.45) is -0.723. The summed E-state index contributed by atoms with van der Waals surface area (Å²) in [5.41, 5.74) is 0.643. The van der Waals surface area contributed by atoms with Crippen molar-refractivity contribution in [2.75, 3.05) is 11.9 Å². The average molecular weight is 382 g/mol. The fourth-order valence-electron chi connectivity index (χ4n) is 1.99. The van der Waals surface area contributed by atoms with E-state index in [-0.39, 0.29) is 5.91 Å². The molecule has 0 saturated heterocycles. The van der Waals surface area contributed by atoms with Gasteiger partial charge >= 0.3 is 0 Å². The van der Waals surface area contributed by atoms with E-state index in [1.165, 1.54) is 0 Å². The molecule has 1 atom stereocenters. The van der Waals surface area contributed by atoms with Crippen molar-refractivity contribution in [1.82, 2.24) is 0 Å². The summed E-state index contributed by atoms with van der Waals surface area (Å²) in [6.45, 7) is 6.42. The molecule has 1 amide bonds. The number of rotatable bonds is 7. The number of hydrogen-bond donors (Lipinski definition) is 1. The Hall–Kier alpha value is -1.91. The van der Waals surface area contributed by atoms with Crippen LogP contribution < -0.4 is 14.8 Å². The Kier molecular flexibility index (Phi) is 6.97. The van der Waals surface area contributed by atoms with Crippen LogP contribution in [0.15, 0.2) is 42.5 Å². The molecule has 0 aliphatic rings. The maximum Gasteiger partial charge on any atom is 0.265 e. The van der Waals surface area contributed by atoms with Crippen molar-refractivity contribution in [2.45, 2.75) is 26.9 Å². The first kappa shape index (κ1) is 19.4. The molecule has 0 heterocycles. The van der Waals surface area contributed by atoms with Crippen molar-refractivity contribution in [2.24, 2.45) is 5.92 Å². The minimum atomic E-state index is -0.723. The van der Waals surface area contributed by atoms with Crippen LogP contribution >= 0.6 is 23.2 Å². The highest BCUT2D eigenvalue weighted by Gasteiger charge is 2.16. The molecule has 6 heteroatoms. The first-order valence-electron chi connectivity index (χ1n) is 8.00. The molecule has 4 nitrogen and oxygen atoms in total. The van der Waals surface area contributed by atoms with E-state index in [2.05, 4.69) is 19.2 Å². The highest BCUT2D eigenvalue weighted by Crippen LogP contribution is 2.28. The van der Waals surface area contributed by atoms with Gasteiger partial charge in [-0.3, -0.25) is 4.79 Å². The molecule has 0 bridgehead atoms. The van der Waals surface area contributed by atoms with Crippen LogP contribution in [0.2, 0.25) is 10.0 Å². The Morgan fingerprint density at radius 2 is 1.88 bits per heavy atom. The SMILES string of the molecule is CC(C)COc1cccc(NC(=O)C(C)Oc2ccc(Cl)cc2Cl)c1. The zero-order chi connectivity index (χ0) is 18.4. The highest BCUT2D eigenvalue weighted by atomic mass is 35.5. The number of nitrogens with one attached hydrogen (secondary N) is 1. The minimum Gasteiger partial charge on any atom is -0.493 e. The van der Waals surface area contributed by atoms with E-state index in [1.54, 1.807) is 37.3 Å². The summed E-state index contributed by atoms with van der Waals surface area (Å²) in [5, 5.41) is 3.67. The number of carbonyl (C=O) groups is 1. The fourth-order valence-corrected chi connectivity index (χ4v) is 2.44. The number of halogens is 2. The predicted molar refractivity (Wildman–Crippen MR) is 102 cm³/mol. The summed E-state index contributed by atoms with van der Waals surface area (Å²) >= 11 is 11.9. The van der Waals surface area contributed by atoms with Gasteiger partial charge in [0.1, 0.15) is 11.5 Å². The van der Waals surface area contributed by atoms with Crippen LogP contribution in [0.25, 0.3) is 0 Å². The van der Waals surface area contributed by atoms with E-state index in [9.17, 15) is 4.79 Å². The molecule has 1 N–H and O–H groups in total. The van der Waals surface area contributed by atoms with Crippen molar-refractivity contribution >= 4 is 34.8 Å². The van der Waals surface area contributed by atoms with Crippen LogP contribution in [0, 0.1) is 5.92 Å². The second kappa shape index (κ2) is 8.97. The smallest absolute Gasteiger partial charge is 0.265 e. The predicted octanol–water partition coefficient (Wildman–Crippen LogP) is 5.43. The molecule has 0 spiro atoms. The molecular formula is C19H21Cl2NO3. The van der Waals surface area contributed by atoms with Gasteiger partial charge in [0.05, 0.1) is 11.6 Å². The lowest BCUT2D eigenvalue weighted by atomic mass is 10.2. The van der Waals surface area contributed by atoms with Gasteiger partial charge in [-0.1, -0.05) is 43.1 Å². The largest absolute Gasteiger partial charge is 0.493 e. The molecule has 0 saturated carbocycles. The van der Waals surface area contributed by atoms with Crippen molar-refractivity contribution in [3.8, 4) is 11.5 Å². The van der Waals surface area contributed by atoms with Gasteiger partial charge in [-0.25, -0.2) is 0 Å². The third-order valence-electron chi connectivity index (χ3n) is 3.25. The summed E-state index contributed by atoms with van der Waals surface area (Å²) in [6, 6.07) is 12.1. The van der Waals surface area contributed by atoms with Gasteiger partial charge < -0.3 is 14.8 Å². The zero-order valence-corrected chi connectivity index (χ0v) is 15.9. The second-order valence-corrected chi connectivity index (χ2v) is 6.90. The maximum absolute atomic E-state index is 12.3. The van der Waals surface area contributed by atoms with Crippen molar-refractivity contribution < 1.29 is 14.3 Å². The zero-order valence-electron chi connectivity index (χ0n) is 14.4. The Balaban J connectivity index is 1.97. The third kappa shape index (κ3) is 6.15. The number of anilines is 1. The van der Waals surface area contributed by atoms with E-state index in [1.807, 2.05) is 12.1 Å². The van der Waals surface area contributed by atoms with Gasteiger partial charge in [0.15, 0.2) is 6.10 Å². The third-order valence-corrected chi connectivity index (χ3v) is 3.78. The summed E-state index contributed by atoms with van der Waals surface area (Å²) < 4.78 is 11.3. The molecule has 134 valence electrons. The monoisotopic (exact) mass is 381 g/mol. The molecule has 25 heavy (non-hydrogen) atoms. The second-order valence-electron chi connectivity index (χ2n) is 6.06. The first-order valence-corrected chi connectivity index (χ1v) is 8.76. The molecule has 1 unspecified atom stereocenters. The number of amides is 1. The van der Waals surface area contributed by atoms with Crippen molar-refractivity contribution in [3.05, 3.63) is 52.5 Å². The van der Waals surface area contributed by atoms with Gasteiger partial charge in [-0.2, -0.15) is 0 Å². The Labute approximate surface area is 158 Å². The van der Waals surface area contributed by atoms with Crippen LogP contribution in [0.5, 0.6) is 11.5 Å². The number of carbonyl (C=O) groups excluding carboxylic acids is 1. The summed E-state index contributed by atoms with van der Waals surface area (Å²) in [7, 11) is 0. The summed E-state index contributed by atoms with van der Waals surface area (Å²) in [4.78, 5) is 12.3. The molecule has 2 aromatic rings. The average Bonchev–Trinajstić information content (AvgIpc) is 2.55. The standard InChI is InChI=1S/C19H21Cl2NO3/c1-12(2)11-24-16-6-4-5-15(10-16)22-19(23)13(3)25-18-8-7-14(20)9-17(18)21/h4-10,12-13H,11H2,1-3H3,(H,22,23). The quantitative estimate of drug-likeness (QED) is 0.694. The Bertz CT molecular complexity index is 734. The molecule has 0 aliphatic carbocycles. The lowest BCUT2D eigenvalue weighted by Gasteiger charge is -2.16. The molecule has 2 aromatic carbocycles. The van der Waals surface area contributed by atoms with Gasteiger partial charge in [0.25, 0.3) is 5.91 Å². The molecule has 0 aromatic heterocycles. The molecule has 0 fully saturated rings. The van der Waals surface area contributed by atoms with Gasteiger partial charge in [0.2, 0.25) is 0 Å². The molecular weight excluding hydrogens is 361 g/mol. The van der Waals surface area contributed by atoms with E-state index in [0.717, 1.165) is 0 Å². The van der Waals surface area contributed by atoms with E-state index in [4.69, 9.17) is 32.7 Å². The molecule has 2 rings (SSSR count). The van der Waals surface area contributed by atoms with Gasteiger partial charge in [0, 0.05) is 16.8 Å². The molecule has 0 radical (unpaired) electrons. The van der Waals surface area contributed by atoms with Crippen LogP contribution in [-0.2, 0) is 4.79 Å². The van der Waals surface area contributed by atoms with E-state index in [0.29, 0.717) is 39.8 Å². The topological polar surface area (TPSA) is 47.6 Å². The summed E-state index contributed by atoms with van der Waals surface area (Å²) in [5.74, 6) is 1.26. The Morgan fingerprint density at radius 1 is 1.12 bits per heavy atom.